The molecule has 1 amide bonds. The zero-order chi connectivity index (χ0) is 14.9. The van der Waals surface area contributed by atoms with Gasteiger partial charge < -0.3 is 10.6 Å². The van der Waals surface area contributed by atoms with Gasteiger partial charge in [-0.2, -0.15) is 0 Å². The Morgan fingerprint density at radius 3 is 2.00 bits per heavy atom. The van der Waals surface area contributed by atoms with Crippen LogP contribution in [0.4, 0.5) is 0 Å². The van der Waals surface area contributed by atoms with Crippen LogP contribution in [0.5, 0.6) is 0 Å². The fourth-order valence-corrected chi connectivity index (χ4v) is 2.14. The summed E-state index contributed by atoms with van der Waals surface area (Å²) >= 11 is 0. The van der Waals surface area contributed by atoms with Crippen LogP contribution in [0.15, 0.2) is 0 Å². The highest BCUT2D eigenvalue weighted by molar-refractivity contribution is 5.78. The maximum atomic E-state index is 12.3. The average molecular weight is 271 g/mol. The Bertz CT molecular complexity index is 248. The molecule has 0 aromatic rings. The van der Waals surface area contributed by atoms with Crippen LogP contribution < -0.4 is 5.73 Å². The molecule has 4 heteroatoms. The standard InChI is InChI=1S/C15H33N3O/c1-6-9-18(10-7-2)14(19)11-17(8-3)13-15(4,5)12-16/h6-13,16H2,1-5H3. The number of hydrogen-bond donors (Lipinski definition) is 1. The van der Waals surface area contributed by atoms with Gasteiger partial charge in [-0.05, 0) is 31.3 Å². The van der Waals surface area contributed by atoms with Gasteiger partial charge >= 0.3 is 0 Å². The second kappa shape index (κ2) is 9.32. The predicted octanol–water partition coefficient (Wildman–Crippen LogP) is 1.94. The Balaban J connectivity index is 4.46. The molecule has 114 valence electrons. The van der Waals surface area contributed by atoms with Gasteiger partial charge in [-0.25, -0.2) is 0 Å². The Labute approximate surface area is 119 Å². The molecule has 0 radical (unpaired) electrons. The van der Waals surface area contributed by atoms with E-state index in [1.54, 1.807) is 0 Å². The second-order valence-corrected chi connectivity index (χ2v) is 6.05. The van der Waals surface area contributed by atoms with Crippen LogP contribution in [0.25, 0.3) is 0 Å². The van der Waals surface area contributed by atoms with Crippen LogP contribution in [0, 0.1) is 5.41 Å². The third-order valence-electron chi connectivity index (χ3n) is 3.35. The highest BCUT2D eigenvalue weighted by Gasteiger charge is 2.22. The zero-order valence-corrected chi connectivity index (χ0v) is 13.5. The molecule has 0 heterocycles. The van der Waals surface area contributed by atoms with Gasteiger partial charge in [-0.15, -0.1) is 0 Å². The highest BCUT2D eigenvalue weighted by atomic mass is 16.2. The fourth-order valence-electron chi connectivity index (χ4n) is 2.14. The minimum atomic E-state index is 0.0661. The molecule has 19 heavy (non-hydrogen) atoms. The Morgan fingerprint density at radius 2 is 1.63 bits per heavy atom. The van der Waals surface area contributed by atoms with E-state index in [-0.39, 0.29) is 11.3 Å². The average Bonchev–Trinajstić information content (AvgIpc) is 2.37. The molecular formula is C15H33N3O. The first-order valence-electron chi connectivity index (χ1n) is 7.60. The number of rotatable bonds is 10. The second-order valence-electron chi connectivity index (χ2n) is 6.05. The van der Waals surface area contributed by atoms with Gasteiger partial charge in [0, 0.05) is 19.6 Å². The summed E-state index contributed by atoms with van der Waals surface area (Å²) in [6.45, 7) is 15.3. The summed E-state index contributed by atoms with van der Waals surface area (Å²) < 4.78 is 0. The molecule has 0 saturated heterocycles. The van der Waals surface area contributed by atoms with Gasteiger partial charge in [0.25, 0.3) is 0 Å². The molecule has 0 rings (SSSR count). The van der Waals surface area contributed by atoms with Gasteiger partial charge in [0.05, 0.1) is 6.54 Å². The number of hydrogen-bond acceptors (Lipinski definition) is 3. The molecular weight excluding hydrogens is 238 g/mol. The molecule has 0 aromatic carbocycles. The number of carbonyl (C=O) groups is 1. The molecule has 0 aliphatic carbocycles. The first kappa shape index (κ1) is 18.4. The number of amides is 1. The quantitative estimate of drug-likeness (QED) is 0.660. The lowest BCUT2D eigenvalue weighted by atomic mass is 9.93. The van der Waals surface area contributed by atoms with Gasteiger partial charge in [0.15, 0.2) is 0 Å². The molecule has 0 fully saturated rings. The third kappa shape index (κ3) is 7.53. The monoisotopic (exact) mass is 271 g/mol. The van der Waals surface area contributed by atoms with E-state index in [4.69, 9.17) is 5.73 Å². The molecule has 0 saturated carbocycles. The van der Waals surface area contributed by atoms with E-state index in [1.165, 1.54) is 0 Å². The SMILES string of the molecule is CCCN(CCC)C(=O)CN(CC)CC(C)(C)CN. The summed E-state index contributed by atoms with van der Waals surface area (Å²) in [4.78, 5) is 16.5. The van der Waals surface area contributed by atoms with Crippen LogP contribution >= 0.6 is 0 Å². The van der Waals surface area contributed by atoms with E-state index in [1.807, 2.05) is 4.90 Å². The molecule has 0 spiro atoms. The maximum absolute atomic E-state index is 12.3. The first-order chi connectivity index (χ1) is 8.90. The van der Waals surface area contributed by atoms with Crippen molar-refractivity contribution in [2.45, 2.75) is 47.5 Å². The maximum Gasteiger partial charge on any atom is 0.236 e. The molecule has 2 N–H and O–H groups in total. The Hall–Kier alpha value is -0.610. The van der Waals surface area contributed by atoms with Crippen LogP contribution in [-0.4, -0.2) is 55.0 Å². The van der Waals surface area contributed by atoms with Gasteiger partial charge in [0.2, 0.25) is 5.91 Å². The molecule has 4 nitrogen and oxygen atoms in total. The van der Waals surface area contributed by atoms with Crippen molar-refractivity contribution in [2.24, 2.45) is 11.1 Å². The summed E-state index contributed by atoms with van der Waals surface area (Å²) in [7, 11) is 0. The summed E-state index contributed by atoms with van der Waals surface area (Å²) in [5.41, 5.74) is 5.84. The summed E-state index contributed by atoms with van der Waals surface area (Å²) in [6.07, 6.45) is 2.04. The van der Waals surface area contributed by atoms with Crippen molar-refractivity contribution in [3.05, 3.63) is 0 Å². The van der Waals surface area contributed by atoms with Crippen LogP contribution in [0.2, 0.25) is 0 Å². The van der Waals surface area contributed by atoms with Crippen molar-refractivity contribution in [3.63, 3.8) is 0 Å². The largest absolute Gasteiger partial charge is 0.342 e. The summed E-state index contributed by atoms with van der Waals surface area (Å²) in [6, 6.07) is 0. The van der Waals surface area contributed by atoms with Crippen molar-refractivity contribution in [1.82, 2.24) is 9.80 Å². The van der Waals surface area contributed by atoms with E-state index in [2.05, 4.69) is 39.5 Å². The first-order valence-corrected chi connectivity index (χ1v) is 7.60. The van der Waals surface area contributed by atoms with Crippen molar-refractivity contribution < 1.29 is 4.79 Å². The minimum Gasteiger partial charge on any atom is -0.342 e. The molecule has 0 bridgehead atoms. The number of carbonyl (C=O) groups excluding carboxylic acids is 1. The normalized spacial score (nSPS) is 11.9. The summed E-state index contributed by atoms with van der Waals surface area (Å²) in [5, 5.41) is 0. The highest BCUT2D eigenvalue weighted by Crippen LogP contribution is 2.14. The van der Waals surface area contributed by atoms with Crippen molar-refractivity contribution >= 4 is 5.91 Å². The number of likely N-dealkylation sites (N-methyl/N-ethyl adjacent to an activating group) is 1. The van der Waals surface area contributed by atoms with Crippen molar-refractivity contribution in [1.29, 1.82) is 0 Å². The van der Waals surface area contributed by atoms with E-state index >= 15 is 0 Å². The number of nitrogens with two attached hydrogens (primary N) is 1. The lowest BCUT2D eigenvalue weighted by molar-refractivity contribution is -0.132. The third-order valence-corrected chi connectivity index (χ3v) is 3.35. The van der Waals surface area contributed by atoms with Gasteiger partial charge in [-0.1, -0.05) is 34.6 Å². The Kier molecular flexibility index (Phi) is 9.02. The van der Waals surface area contributed by atoms with Crippen LogP contribution in [-0.2, 0) is 4.79 Å². The topological polar surface area (TPSA) is 49.6 Å². The van der Waals surface area contributed by atoms with Crippen LogP contribution in [0.1, 0.15) is 47.5 Å². The zero-order valence-electron chi connectivity index (χ0n) is 13.5. The van der Waals surface area contributed by atoms with Crippen molar-refractivity contribution in [2.75, 3.05) is 39.3 Å². The van der Waals surface area contributed by atoms with E-state index < -0.39 is 0 Å². The van der Waals surface area contributed by atoms with E-state index in [0.29, 0.717) is 13.1 Å². The van der Waals surface area contributed by atoms with Crippen molar-refractivity contribution in [3.8, 4) is 0 Å². The van der Waals surface area contributed by atoms with E-state index in [0.717, 1.165) is 39.0 Å². The number of nitrogens with zero attached hydrogens (tertiary/aromatic N) is 2. The molecule has 0 aliphatic heterocycles. The molecule has 0 unspecified atom stereocenters. The fraction of sp³-hybridized carbons (Fsp3) is 0.933. The van der Waals surface area contributed by atoms with Gasteiger partial charge in [-0.3, -0.25) is 9.69 Å². The smallest absolute Gasteiger partial charge is 0.236 e. The lowest BCUT2D eigenvalue weighted by Gasteiger charge is -2.32. The lowest BCUT2D eigenvalue weighted by Crippen LogP contribution is -2.45. The van der Waals surface area contributed by atoms with Gasteiger partial charge in [0.1, 0.15) is 0 Å². The summed E-state index contributed by atoms with van der Waals surface area (Å²) in [5.74, 6) is 0.248. The predicted molar refractivity (Wildman–Crippen MR) is 82.1 cm³/mol. The molecule has 0 aliphatic rings. The minimum absolute atomic E-state index is 0.0661. The molecule has 0 atom stereocenters. The van der Waals surface area contributed by atoms with Crippen LogP contribution in [0.3, 0.4) is 0 Å². The Morgan fingerprint density at radius 1 is 1.11 bits per heavy atom. The van der Waals surface area contributed by atoms with E-state index in [9.17, 15) is 4.79 Å². The molecule has 0 aromatic heterocycles.